The number of aliphatic imine (C=N–C) groups is 1. The van der Waals surface area contributed by atoms with E-state index in [1.165, 1.54) is 10.6 Å². The highest BCUT2D eigenvalue weighted by Gasteiger charge is 2.22. The monoisotopic (exact) mass is 401 g/mol. The van der Waals surface area contributed by atoms with Gasteiger partial charge in [0, 0.05) is 39.8 Å². The van der Waals surface area contributed by atoms with Gasteiger partial charge in [0.1, 0.15) is 5.75 Å². The second kappa shape index (κ2) is 9.80. The van der Waals surface area contributed by atoms with Crippen LogP contribution in [0.3, 0.4) is 0 Å². The molecule has 0 aliphatic carbocycles. The average Bonchev–Trinajstić information content (AvgIpc) is 3.26. The molecular weight excluding hydrogens is 370 g/mol. The van der Waals surface area contributed by atoms with E-state index in [2.05, 4.69) is 68.7 Å². The van der Waals surface area contributed by atoms with Crippen LogP contribution in [0.4, 0.5) is 5.00 Å². The van der Waals surface area contributed by atoms with Crippen LogP contribution in [0, 0.1) is 0 Å². The first-order valence-electron chi connectivity index (χ1n) is 9.66. The molecule has 6 nitrogen and oxygen atoms in total. The van der Waals surface area contributed by atoms with Gasteiger partial charge in [-0.25, -0.2) is 0 Å². The number of guanidine groups is 1. The highest BCUT2D eigenvalue weighted by Crippen LogP contribution is 2.23. The standard InChI is InChI=1S/C21H31N5OS/c1-22-21(26-13-11-25(12-14-26)20-6-5-15-28-20)23-16-19(24(2)3)17-7-9-18(27-4)10-8-17/h5-10,15,19H,11-14,16H2,1-4H3,(H,22,23). The van der Waals surface area contributed by atoms with Gasteiger partial charge in [-0.2, -0.15) is 0 Å². The van der Waals surface area contributed by atoms with Crippen LogP contribution in [0.2, 0.25) is 0 Å². The van der Waals surface area contributed by atoms with E-state index in [4.69, 9.17) is 4.74 Å². The summed E-state index contributed by atoms with van der Waals surface area (Å²) in [6.45, 7) is 4.81. The Kier molecular flexibility index (Phi) is 7.17. The van der Waals surface area contributed by atoms with Gasteiger partial charge in [-0.3, -0.25) is 4.99 Å². The number of hydrogen-bond donors (Lipinski definition) is 1. The minimum absolute atomic E-state index is 0.259. The maximum absolute atomic E-state index is 5.28. The number of piperazine rings is 1. The highest BCUT2D eigenvalue weighted by atomic mass is 32.1. The first-order valence-corrected chi connectivity index (χ1v) is 10.5. The average molecular weight is 402 g/mol. The van der Waals surface area contributed by atoms with Crippen LogP contribution >= 0.6 is 11.3 Å². The summed E-state index contributed by atoms with van der Waals surface area (Å²) in [5.41, 5.74) is 1.26. The van der Waals surface area contributed by atoms with E-state index >= 15 is 0 Å². The number of rotatable bonds is 6. The van der Waals surface area contributed by atoms with E-state index in [1.54, 1.807) is 7.11 Å². The highest BCUT2D eigenvalue weighted by molar-refractivity contribution is 7.14. The lowest BCUT2D eigenvalue weighted by Crippen LogP contribution is -2.53. The Morgan fingerprint density at radius 3 is 2.43 bits per heavy atom. The Labute approximate surface area is 172 Å². The van der Waals surface area contributed by atoms with Crippen molar-refractivity contribution >= 4 is 22.3 Å². The quantitative estimate of drug-likeness (QED) is 0.596. The Morgan fingerprint density at radius 1 is 1.18 bits per heavy atom. The molecule has 0 radical (unpaired) electrons. The minimum atomic E-state index is 0.259. The second-order valence-corrected chi connectivity index (χ2v) is 8.03. The van der Waals surface area contributed by atoms with Crippen molar-refractivity contribution in [3.8, 4) is 5.75 Å². The normalized spacial score (nSPS) is 16.4. The van der Waals surface area contributed by atoms with Crippen molar-refractivity contribution < 1.29 is 4.74 Å². The molecule has 0 amide bonds. The van der Waals surface area contributed by atoms with E-state index in [0.29, 0.717) is 0 Å². The molecule has 1 atom stereocenters. The van der Waals surface area contributed by atoms with E-state index in [0.717, 1.165) is 44.4 Å². The van der Waals surface area contributed by atoms with Crippen LogP contribution in [0.15, 0.2) is 46.8 Å². The zero-order chi connectivity index (χ0) is 19.9. The van der Waals surface area contributed by atoms with Crippen molar-refractivity contribution in [2.75, 3.05) is 65.9 Å². The van der Waals surface area contributed by atoms with Crippen LogP contribution in [0.1, 0.15) is 11.6 Å². The number of methoxy groups -OCH3 is 1. The van der Waals surface area contributed by atoms with E-state index in [9.17, 15) is 0 Å². The number of ether oxygens (including phenoxy) is 1. The van der Waals surface area contributed by atoms with Gasteiger partial charge < -0.3 is 24.8 Å². The first-order chi connectivity index (χ1) is 13.6. The fourth-order valence-electron chi connectivity index (χ4n) is 3.53. The second-order valence-electron chi connectivity index (χ2n) is 7.11. The van der Waals surface area contributed by atoms with Gasteiger partial charge >= 0.3 is 0 Å². The van der Waals surface area contributed by atoms with Gasteiger partial charge in [0.2, 0.25) is 0 Å². The van der Waals surface area contributed by atoms with Crippen molar-refractivity contribution in [2.45, 2.75) is 6.04 Å². The molecule has 7 heteroatoms. The van der Waals surface area contributed by atoms with Gasteiger partial charge in [0.25, 0.3) is 0 Å². The lowest BCUT2D eigenvalue weighted by molar-refractivity contribution is 0.292. The Hall–Kier alpha value is -2.25. The number of likely N-dealkylation sites (N-methyl/N-ethyl adjacent to an activating group) is 1. The molecule has 0 bridgehead atoms. The molecule has 1 unspecified atom stereocenters. The number of benzene rings is 1. The zero-order valence-electron chi connectivity index (χ0n) is 17.3. The molecule has 2 aromatic rings. The summed E-state index contributed by atoms with van der Waals surface area (Å²) in [7, 11) is 7.78. The fourth-order valence-corrected chi connectivity index (χ4v) is 4.32. The third kappa shape index (κ3) is 4.97. The summed E-state index contributed by atoms with van der Waals surface area (Å²) >= 11 is 1.81. The third-order valence-corrected chi connectivity index (χ3v) is 6.12. The maximum Gasteiger partial charge on any atom is 0.193 e. The lowest BCUT2D eigenvalue weighted by atomic mass is 10.1. The minimum Gasteiger partial charge on any atom is -0.497 e. The molecule has 28 heavy (non-hydrogen) atoms. The van der Waals surface area contributed by atoms with E-state index in [1.807, 2.05) is 30.5 Å². The van der Waals surface area contributed by atoms with Gasteiger partial charge in [0.05, 0.1) is 18.2 Å². The molecule has 1 aromatic heterocycles. The van der Waals surface area contributed by atoms with Crippen LogP contribution in [0.5, 0.6) is 5.75 Å². The molecule has 3 rings (SSSR count). The Balaban J connectivity index is 1.57. The summed E-state index contributed by atoms with van der Waals surface area (Å²) < 4.78 is 5.28. The summed E-state index contributed by atoms with van der Waals surface area (Å²) in [6.07, 6.45) is 0. The van der Waals surface area contributed by atoms with Crippen molar-refractivity contribution in [3.05, 3.63) is 47.3 Å². The van der Waals surface area contributed by atoms with E-state index < -0.39 is 0 Å². The smallest absolute Gasteiger partial charge is 0.193 e. The number of nitrogens with zero attached hydrogens (tertiary/aromatic N) is 4. The van der Waals surface area contributed by atoms with Crippen molar-refractivity contribution in [2.24, 2.45) is 4.99 Å². The van der Waals surface area contributed by atoms with Crippen molar-refractivity contribution in [1.82, 2.24) is 15.1 Å². The zero-order valence-corrected chi connectivity index (χ0v) is 18.1. The van der Waals surface area contributed by atoms with Gasteiger partial charge in [0.15, 0.2) is 5.96 Å². The number of anilines is 1. The molecule has 1 aliphatic rings. The first kappa shape index (κ1) is 20.5. The number of hydrogen-bond acceptors (Lipinski definition) is 5. The van der Waals surface area contributed by atoms with Crippen molar-refractivity contribution in [1.29, 1.82) is 0 Å². The van der Waals surface area contributed by atoms with Crippen molar-refractivity contribution in [3.63, 3.8) is 0 Å². The van der Waals surface area contributed by atoms with E-state index in [-0.39, 0.29) is 6.04 Å². The molecule has 1 aliphatic heterocycles. The molecule has 0 saturated carbocycles. The number of thiophene rings is 1. The molecule has 1 N–H and O–H groups in total. The molecule has 1 fully saturated rings. The molecule has 152 valence electrons. The van der Waals surface area contributed by atoms with Crippen LogP contribution < -0.4 is 15.0 Å². The Morgan fingerprint density at radius 2 is 1.89 bits per heavy atom. The summed E-state index contributed by atoms with van der Waals surface area (Å²) in [4.78, 5) is 11.6. The lowest BCUT2D eigenvalue weighted by Gasteiger charge is -2.37. The van der Waals surface area contributed by atoms with Crippen LogP contribution in [-0.4, -0.2) is 76.7 Å². The third-order valence-electron chi connectivity index (χ3n) is 5.19. The molecule has 1 saturated heterocycles. The number of nitrogens with one attached hydrogen (secondary N) is 1. The largest absolute Gasteiger partial charge is 0.497 e. The maximum atomic E-state index is 5.28. The predicted molar refractivity (Wildman–Crippen MR) is 119 cm³/mol. The van der Waals surface area contributed by atoms with Crippen LogP contribution in [0.25, 0.3) is 0 Å². The predicted octanol–water partition coefficient (Wildman–Crippen LogP) is 2.76. The molecule has 2 heterocycles. The molecular formula is C21H31N5OS. The topological polar surface area (TPSA) is 43.3 Å². The van der Waals surface area contributed by atoms with Gasteiger partial charge in [-0.15, -0.1) is 11.3 Å². The molecule has 1 aromatic carbocycles. The summed E-state index contributed by atoms with van der Waals surface area (Å²) in [6, 6.07) is 12.9. The van der Waals surface area contributed by atoms with Gasteiger partial charge in [-0.05, 0) is 49.3 Å². The van der Waals surface area contributed by atoms with Crippen LogP contribution in [-0.2, 0) is 0 Å². The molecule has 0 spiro atoms. The summed E-state index contributed by atoms with van der Waals surface area (Å²) in [5.74, 6) is 1.86. The Bertz CT molecular complexity index is 737. The SMILES string of the molecule is CN=C(NCC(c1ccc(OC)cc1)N(C)C)N1CCN(c2cccs2)CC1. The van der Waals surface area contributed by atoms with Gasteiger partial charge in [-0.1, -0.05) is 12.1 Å². The fraction of sp³-hybridized carbons (Fsp3) is 0.476. The summed E-state index contributed by atoms with van der Waals surface area (Å²) in [5, 5.41) is 7.08.